The highest BCUT2D eigenvalue weighted by atomic mass is 19.1. The second-order valence-electron chi connectivity index (χ2n) is 8.79. The van der Waals surface area contributed by atoms with Gasteiger partial charge in [-0.2, -0.15) is 5.10 Å². The number of benzene rings is 2. The topological polar surface area (TPSA) is 57.4 Å². The van der Waals surface area contributed by atoms with Crippen LogP contribution in [0.15, 0.2) is 49.1 Å². The zero-order chi connectivity index (χ0) is 24.5. The predicted octanol–water partition coefficient (Wildman–Crippen LogP) is 3.71. The third-order valence-corrected chi connectivity index (χ3v) is 6.84. The molecular formula is C24H27F4N5O. The lowest BCUT2D eigenvalue weighted by Crippen LogP contribution is -2.55. The van der Waals surface area contributed by atoms with Gasteiger partial charge in [0.05, 0.1) is 12.2 Å². The van der Waals surface area contributed by atoms with E-state index in [2.05, 4.69) is 10.1 Å². The minimum absolute atomic E-state index is 0.00868. The normalized spacial score (nSPS) is 18.0. The van der Waals surface area contributed by atoms with Crippen molar-refractivity contribution in [3.05, 3.63) is 77.9 Å². The van der Waals surface area contributed by atoms with E-state index in [1.54, 1.807) is 18.9 Å². The van der Waals surface area contributed by atoms with Crippen LogP contribution in [0.5, 0.6) is 0 Å². The molecule has 0 radical (unpaired) electrons. The highest BCUT2D eigenvalue weighted by Crippen LogP contribution is 2.35. The van der Waals surface area contributed by atoms with E-state index >= 15 is 0 Å². The summed E-state index contributed by atoms with van der Waals surface area (Å²) < 4.78 is 57.3. The van der Waals surface area contributed by atoms with E-state index < -0.39 is 34.9 Å². The molecule has 1 N–H and O–H groups in total. The number of anilines is 1. The van der Waals surface area contributed by atoms with Crippen LogP contribution in [0.1, 0.15) is 25.3 Å². The molecule has 6 nitrogen and oxygen atoms in total. The van der Waals surface area contributed by atoms with E-state index in [9.17, 15) is 22.7 Å². The van der Waals surface area contributed by atoms with Crippen LogP contribution in [0.2, 0.25) is 0 Å². The van der Waals surface area contributed by atoms with Gasteiger partial charge < -0.3 is 10.0 Å². The Hall–Kier alpha value is -2.98. The molecule has 0 aliphatic carbocycles. The molecule has 2 aromatic carbocycles. The Bertz CT molecular complexity index is 1120. The molecule has 1 aliphatic rings. The number of rotatable bonds is 7. The maximum atomic E-state index is 14.8. The van der Waals surface area contributed by atoms with Gasteiger partial charge in [0, 0.05) is 49.9 Å². The van der Waals surface area contributed by atoms with Gasteiger partial charge in [-0.1, -0.05) is 6.07 Å². The summed E-state index contributed by atoms with van der Waals surface area (Å²) in [5.41, 5.74) is -1.42. The molecule has 1 saturated heterocycles. The number of hydrogen-bond acceptors (Lipinski definition) is 5. The minimum atomic E-state index is -1.71. The maximum Gasteiger partial charge on any atom is 0.149 e. The van der Waals surface area contributed by atoms with Crippen LogP contribution in [-0.4, -0.2) is 57.0 Å². The van der Waals surface area contributed by atoms with Gasteiger partial charge >= 0.3 is 0 Å². The van der Waals surface area contributed by atoms with Crippen LogP contribution < -0.4 is 4.90 Å². The van der Waals surface area contributed by atoms with Crippen molar-refractivity contribution in [2.24, 2.45) is 0 Å². The Labute approximate surface area is 195 Å². The summed E-state index contributed by atoms with van der Waals surface area (Å²) in [5, 5.41) is 15.8. The molecule has 1 aliphatic heterocycles. The Kier molecular flexibility index (Phi) is 6.90. The number of likely N-dealkylation sites (tertiary alicyclic amines) is 1. The highest BCUT2D eigenvalue weighted by molar-refractivity contribution is 5.48. The van der Waals surface area contributed by atoms with Gasteiger partial charge in [-0.3, -0.25) is 4.90 Å². The molecule has 4 rings (SSSR count). The molecule has 0 bridgehead atoms. The van der Waals surface area contributed by atoms with Crippen LogP contribution in [0.25, 0.3) is 0 Å². The first-order valence-corrected chi connectivity index (χ1v) is 11.1. The molecule has 3 aromatic rings. The third kappa shape index (κ3) is 4.78. The standard InChI is InChI=1S/C24H27F4N5O/c1-16(24(34,13-33-15-29-14-30-33)20-5-3-17(25)11-21(20)27)32-9-7-19(8-10-32)31(2)23-6-4-18(26)12-22(23)28/h3-6,11-12,14-16,19,34H,7-10,13H2,1-2H3/t16-,24-/m1/s1. The van der Waals surface area contributed by atoms with Crippen molar-refractivity contribution in [3.63, 3.8) is 0 Å². The third-order valence-electron chi connectivity index (χ3n) is 6.84. The number of piperidine rings is 1. The van der Waals surface area contributed by atoms with E-state index in [4.69, 9.17) is 0 Å². The van der Waals surface area contributed by atoms with Crippen LogP contribution in [-0.2, 0) is 12.1 Å². The van der Waals surface area contributed by atoms with E-state index in [1.807, 2.05) is 4.90 Å². The van der Waals surface area contributed by atoms with Crippen LogP contribution in [0, 0.1) is 23.3 Å². The van der Waals surface area contributed by atoms with Crippen LogP contribution in [0.4, 0.5) is 23.2 Å². The summed E-state index contributed by atoms with van der Waals surface area (Å²) in [5.74, 6) is -2.81. The van der Waals surface area contributed by atoms with Crippen molar-refractivity contribution < 1.29 is 22.7 Å². The molecule has 1 aromatic heterocycles. The molecule has 182 valence electrons. The summed E-state index contributed by atoms with van der Waals surface area (Å²) in [4.78, 5) is 7.73. The second kappa shape index (κ2) is 9.71. The zero-order valence-corrected chi connectivity index (χ0v) is 19.0. The van der Waals surface area contributed by atoms with E-state index in [-0.39, 0.29) is 18.2 Å². The first-order valence-electron chi connectivity index (χ1n) is 11.1. The number of aromatic nitrogens is 3. The molecule has 34 heavy (non-hydrogen) atoms. The van der Waals surface area contributed by atoms with Crippen LogP contribution in [0.3, 0.4) is 0 Å². The van der Waals surface area contributed by atoms with Gasteiger partial charge in [-0.05, 0) is 38.0 Å². The highest BCUT2D eigenvalue weighted by Gasteiger charge is 2.43. The largest absolute Gasteiger partial charge is 0.381 e. The average molecular weight is 478 g/mol. The van der Waals surface area contributed by atoms with E-state index in [0.717, 1.165) is 18.2 Å². The Morgan fingerprint density at radius 1 is 1.06 bits per heavy atom. The Morgan fingerprint density at radius 3 is 2.29 bits per heavy atom. The number of nitrogens with zero attached hydrogens (tertiary/aromatic N) is 5. The van der Waals surface area contributed by atoms with Crippen molar-refractivity contribution in [2.75, 3.05) is 25.0 Å². The average Bonchev–Trinajstić information content (AvgIpc) is 3.31. The van der Waals surface area contributed by atoms with Crippen molar-refractivity contribution in [2.45, 2.75) is 44.0 Å². The molecule has 2 heterocycles. The van der Waals surface area contributed by atoms with Gasteiger partial charge in [-0.25, -0.2) is 27.2 Å². The second-order valence-corrected chi connectivity index (χ2v) is 8.79. The van der Waals surface area contributed by atoms with Crippen molar-refractivity contribution in [3.8, 4) is 0 Å². The first-order chi connectivity index (χ1) is 16.2. The first kappa shape index (κ1) is 24.2. The van der Waals surface area contributed by atoms with Crippen LogP contribution >= 0.6 is 0 Å². The fourth-order valence-electron chi connectivity index (χ4n) is 4.77. The predicted molar refractivity (Wildman–Crippen MR) is 119 cm³/mol. The fraction of sp³-hybridized carbons (Fsp3) is 0.417. The number of hydrogen-bond donors (Lipinski definition) is 1. The fourth-order valence-corrected chi connectivity index (χ4v) is 4.77. The molecule has 2 atom stereocenters. The van der Waals surface area contributed by atoms with Gasteiger partial charge in [0.15, 0.2) is 0 Å². The van der Waals surface area contributed by atoms with E-state index in [0.29, 0.717) is 31.6 Å². The molecule has 0 saturated carbocycles. The van der Waals surface area contributed by atoms with Gasteiger partial charge in [-0.15, -0.1) is 0 Å². The molecule has 1 fully saturated rings. The molecule has 0 amide bonds. The lowest BCUT2D eigenvalue weighted by Gasteiger charge is -2.45. The number of halogens is 4. The summed E-state index contributed by atoms with van der Waals surface area (Å²) in [6.07, 6.45) is 4.06. The molecule has 0 spiro atoms. The maximum absolute atomic E-state index is 14.8. The summed E-state index contributed by atoms with van der Waals surface area (Å²) in [7, 11) is 1.77. The summed E-state index contributed by atoms with van der Waals surface area (Å²) in [6, 6.07) is 6.12. The summed E-state index contributed by atoms with van der Waals surface area (Å²) >= 11 is 0. The van der Waals surface area contributed by atoms with Gasteiger partial charge in [0.2, 0.25) is 0 Å². The minimum Gasteiger partial charge on any atom is -0.381 e. The van der Waals surface area contributed by atoms with Crippen molar-refractivity contribution in [1.29, 1.82) is 0 Å². The smallest absolute Gasteiger partial charge is 0.149 e. The number of aliphatic hydroxyl groups is 1. The van der Waals surface area contributed by atoms with Gasteiger partial charge in [0.25, 0.3) is 0 Å². The van der Waals surface area contributed by atoms with Gasteiger partial charge in [0.1, 0.15) is 41.5 Å². The lowest BCUT2D eigenvalue weighted by atomic mass is 9.84. The van der Waals surface area contributed by atoms with E-state index in [1.165, 1.54) is 35.5 Å². The molecule has 10 heteroatoms. The van der Waals surface area contributed by atoms with Crippen molar-refractivity contribution >= 4 is 5.69 Å². The SMILES string of the molecule is C[C@@H](N1CCC(N(C)c2ccc(F)cc2F)CC1)[C@](O)(Cn1cncn1)c1ccc(F)cc1F. The molecule has 0 unspecified atom stereocenters. The lowest BCUT2D eigenvalue weighted by molar-refractivity contribution is -0.0690. The molecular weight excluding hydrogens is 450 g/mol. The quantitative estimate of drug-likeness (QED) is 0.526. The summed E-state index contributed by atoms with van der Waals surface area (Å²) in [6.45, 7) is 2.84. The zero-order valence-electron chi connectivity index (χ0n) is 19.0. The Balaban J connectivity index is 1.53. The monoisotopic (exact) mass is 477 g/mol. The van der Waals surface area contributed by atoms with Crippen molar-refractivity contribution in [1.82, 2.24) is 19.7 Å². The Morgan fingerprint density at radius 2 is 1.71 bits per heavy atom.